The van der Waals surface area contributed by atoms with Gasteiger partial charge >= 0.3 is 5.97 Å². The second kappa shape index (κ2) is 5.19. The van der Waals surface area contributed by atoms with Crippen molar-refractivity contribution in [3.63, 3.8) is 0 Å². The Hall–Kier alpha value is -2.80. The SMILES string of the molecule is O=C(O)c1c(NS(=O)(=O)c2ccccc2)ccc2cc[nH]c12. The molecule has 3 rings (SSSR count). The lowest BCUT2D eigenvalue weighted by atomic mass is 10.1. The molecule has 0 bridgehead atoms. The first-order chi connectivity index (χ1) is 10.5. The molecule has 22 heavy (non-hydrogen) atoms. The minimum Gasteiger partial charge on any atom is -0.478 e. The van der Waals surface area contributed by atoms with Crippen molar-refractivity contribution in [2.45, 2.75) is 4.90 Å². The molecule has 6 nitrogen and oxygen atoms in total. The predicted molar refractivity (Wildman–Crippen MR) is 82.5 cm³/mol. The number of hydrogen-bond acceptors (Lipinski definition) is 3. The van der Waals surface area contributed by atoms with Crippen LogP contribution in [-0.4, -0.2) is 24.5 Å². The summed E-state index contributed by atoms with van der Waals surface area (Å²) in [6.07, 6.45) is 1.60. The van der Waals surface area contributed by atoms with Crippen LogP contribution in [0.5, 0.6) is 0 Å². The van der Waals surface area contributed by atoms with Crippen LogP contribution in [0.1, 0.15) is 10.4 Å². The molecule has 0 saturated carbocycles. The summed E-state index contributed by atoms with van der Waals surface area (Å²) < 4.78 is 27.0. The van der Waals surface area contributed by atoms with Crippen molar-refractivity contribution < 1.29 is 18.3 Å². The lowest BCUT2D eigenvalue weighted by Gasteiger charge is -2.11. The zero-order chi connectivity index (χ0) is 15.7. The number of rotatable bonds is 4. The van der Waals surface area contributed by atoms with Gasteiger partial charge in [0.05, 0.1) is 16.1 Å². The maximum absolute atomic E-state index is 12.3. The van der Waals surface area contributed by atoms with Gasteiger partial charge in [0, 0.05) is 11.6 Å². The smallest absolute Gasteiger partial charge is 0.339 e. The van der Waals surface area contributed by atoms with Crippen molar-refractivity contribution in [1.82, 2.24) is 4.98 Å². The molecule has 3 aromatic rings. The van der Waals surface area contributed by atoms with Crippen molar-refractivity contribution in [2.75, 3.05) is 4.72 Å². The van der Waals surface area contributed by atoms with E-state index in [0.717, 1.165) is 0 Å². The third-order valence-corrected chi connectivity index (χ3v) is 4.62. The molecule has 0 atom stereocenters. The minimum atomic E-state index is -3.85. The molecule has 0 radical (unpaired) electrons. The number of aromatic nitrogens is 1. The Morgan fingerprint density at radius 2 is 1.77 bits per heavy atom. The van der Waals surface area contributed by atoms with Gasteiger partial charge in [-0.25, -0.2) is 13.2 Å². The van der Waals surface area contributed by atoms with Gasteiger partial charge in [-0.05, 0) is 24.3 Å². The summed E-state index contributed by atoms with van der Waals surface area (Å²) in [5.74, 6) is -1.21. The molecule has 0 aliphatic carbocycles. The first kappa shape index (κ1) is 14.2. The highest BCUT2D eigenvalue weighted by Crippen LogP contribution is 2.27. The van der Waals surface area contributed by atoms with Crippen LogP contribution >= 0.6 is 0 Å². The molecule has 0 spiro atoms. The fraction of sp³-hybridized carbons (Fsp3) is 0. The van der Waals surface area contributed by atoms with Gasteiger partial charge in [-0.15, -0.1) is 0 Å². The Labute approximate surface area is 126 Å². The maximum atomic E-state index is 12.3. The van der Waals surface area contributed by atoms with Gasteiger partial charge in [-0.1, -0.05) is 24.3 Å². The van der Waals surface area contributed by atoms with Gasteiger partial charge in [0.1, 0.15) is 5.56 Å². The molecule has 0 unspecified atom stereocenters. The van der Waals surface area contributed by atoms with Crippen LogP contribution in [0.4, 0.5) is 5.69 Å². The summed E-state index contributed by atoms with van der Waals surface area (Å²) in [6, 6.07) is 12.6. The Kier molecular flexibility index (Phi) is 3.34. The van der Waals surface area contributed by atoms with Crippen molar-refractivity contribution in [3.8, 4) is 0 Å². The number of aromatic carboxylic acids is 1. The molecule has 0 aliphatic heterocycles. The summed E-state index contributed by atoms with van der Waals surface area (Å²) in [6.45, 7) is 0. The number of fused-ring (bicyclic) bond motifs is 1. The Bertz CT molecular complexity index is 946. The van der Waals surface area contributed by atoms with E-state index in [1.165, 1.54) is 18.2 Å². The summed E-state index contributed by atoms with van der Waals surface area (Å²) in [7, 11) is -3.85. The lowest BCUT2D eigenvalue weighted by Crippen LogP contribution is -2.15. The topological polar surface area (TPSA) is 99.3 Å². The van der Waals surface area contributed by atoms with Crippen LogP contribution in [-0.2, 0) is 10.0 Å². The third-order valence-electron chi connectivity index (χ3n) is 3.24. The number of carbonyl (C=O) groups is 1. The van der Waals surface area contributed by atoms with Crippen molar-refractivity contribution in [3.05, 3.63) is 60.3 Å². The summed E-state index contributed by atoms with van der Waals surface area (Å²) in [4.78, 5) is 14.4. The Morgan fingerprint density at radius 1 is 1.05 bits per heavy atom. The first-order valence-electron chi connectivity index (χ1n) is 6.40. The highest BCUT2D eigenvalue weighted by molar-refractivity contribution is 7.92. The van der Waals surface area contributed by atoms with Crippen LogP contribution in [0.25, 0.3) is 10.9 Å². The molecular formula is C15H12N2O4S. The fourth-order valence-electron chi connectivity index (χ4n) is 2.24. The van der Waals surface area contributed by atoms with E-state index in [-0.39, 0.29) is 16.1 Å². The molecule has 0 amide bonds. The number of aromatic amines is 1. The molecule has 7 heteroatoms. The van der Waals surface area contributed by atoms with E-state index in [4.69, 9.17) is 0 Å². The standard InChI is InChI=1S/C15H12N2O4S/c18-15(19)13-12(7-6-10-8-9-16-14(10)13)17-22(20,21)11-4-2-1-3-5-11/h1-9,16-17H,(H,18,19). The van der Waals surface area contributed by atoms with Gasteiger partial charge in [0.15, 0.2) is 0 Å². The number of carboxylic acids is 1. The van der Waals surface area contributed by atoms with E-state index in [1.807, 2.05) is 0 Å². The molecule has 0 saturated heterocycles. The molecular weight excluding hydrogens is 304 g/mol. The molecule has 0 aliphatic rings. The lowest BCUT2D eigenvalue weighted by molar-refractivity contribution is 0.0700. The fourth-order valence-corrected chi connectivity index (χ4v) is 3.33. The normalized spacial score (nSPS) is 11.5. The molecule has 3 N–H and O–H groups in total. The van der Waals surface area contributed by atoms with E-state index in [2.05, 4.69) is 9.71 Å². The highest BCUT2D eigenvalue weighted by Gasteiger charge is 2.20. The van der Waals surface area contributed by atoms with E-state index in [0.29, 0.717) is 10.9 Å². The zero-order valence-electron chi connectivity index (χ0n) is 11.3. The van der Waals surface area contributed by atoms with Crippen LogP contribution in [0.2, 0.25) is 0 Å². The Morgan fingerprint density at radius 3 is 2.45 bits per heavy atom. The van der Waals surface area contributed by atoms with E-state index in [1.54, 1.807) is 36.5 Å². The van der Waals surface area contributed by atoms with Crippen molar-refractivity contribution >= 4 is 32.6 Å². The van der Waals surface area contributed by atoms with Gasteiger partial charge in [-0.3, -0.25) is 4.72 Å². The summed E-state index contributed by atoms with van der Waals surface area (Å²) in [5, 5.41) is 10.1. The predicted octanol–water partition coefficient (Wildman–Crippen LogP) is 2.67. The maximum Gasteiger partial charge on any atom is 0.339 e. The monoisotopic (exact) mass is 316 g/mol. The molecule has 1 heterocycles. The largest absolute Gasteiger partial charge is 0.478 e. The van der Waals surface area contributed by atoms with Crippen LogP contribution in [0.15, 0.2) is 59.6 Å². The van der Waals surface area contributed by atoms with Crippen LogP contribution in [0.3, 0.4) is 0 Å². The van der Waals surface area contributed by atoms with Gasteiger partial charge in [0.2, 0.25) is 0 Å². The molecule has 0 fully saturated rings. The number of nitrogens with one attached hydrogen (secondary N) is 2. The van der Waals surface area contributed by atoms with E-state index >= 15 is 0 Å². The van der Waals surface area contributed by atoms with Crippen LogP contribution in [0, 0.1) is 0 Å². The molecule has 2 aromatic carbocycles. The second-order valence-corrected chi connectivity index (χ2v) is 6.34. The third kappa shape index (κ3) is 2.42. The average Bonchev–Trinajstić information content (AvgIpc) is 2.95. The number of carboxylic acid groups (broad SMARTS) is 1. The summed E-state index contributed by atoms with van der Waals surface area (Å²) >= 11 is 0. The van der Waals surface area contributed by atoms with Gasteiger partial charge in [0.25, 0.3) is 10.0 Å². The number of hydrogen-bond donors (Lipinski definition) is 3. The van der Waals surface area contributed by atoms with Crippen molar-refractivity contribution in [1.29, 1.82) is 0 Å². The second-order valence-electron chi connectivity index (χ2n) is 4.65. The van der Waals surface area contributed by atoms with Gasteiger partial charge in [-0.2, -0.15) is 0 Å². The van der Waals surface area contributed by atoms with E-state index < -0.39 is 16.0 Å². The van der Waals surface area contributed by atoms with Gasteiger partial charge < -0.3 is 10.1 Å². The van der Waals surface area contributed by atoms with E-state index in [9.17, 15) is 18.3 Å². The van der Waals surface area contributed by atoms with Crippen LogP contribution < -0.4 is 4.72 Å². The number of sulfonamides is 1. The number of H-pyrrole nitrogens is 1. The quantitative estimate of drug-likeness (QED) is 0.689. The number of benzene rings is 2. The average molecular weight is 316 g/mol. The Balaban J connectivity index is 2.11. The number of anilines is 1. The molecule has 1 aromatic heterocycles. The van der Waals surface area contributed by atoms with Crippen molar-refractivity contribution in [2.24, 2.45) is 0 Å². The minimum absolute atomic E-state index is 0.0197. The highest BCUT2D eigenvalue weighted by atomic mass is 32.2. The summed E-state index contributed by atoms with van der Waals surface area (Å²) in [5.41, 5.74) is 0.286. The molecule has 112 valence electrons. The zero-order valence-corrected chi connectivity index (χ0v) is 12.1. The first-order valence-corrected chi connectivity index (χ1v) is 7.88.